The van der Waals surface area contributed by atoms with Crippen molar-refractivity contribution in [3.05, 3.63) is 32.4 Å². The molecule has 5 nitrogen and oxygen atoms in total. The number of aromatic nitrogens is 1. The van der Waals surface area contributed by atoms with E-state index >= 15 is 0 Å². The van der Waals surface area contributed by atoms with Crippen molar-refractivity contribution >= 4 is 49.6 Å². The minimum atomic E-state index is -0.297. The molecule has 3 rings (SSSR count). The number of carbonyl (C=O) groups excluding carboxylic acids is 1. The van der Waals surface area contributed by atoms with Crippen LogP contribution in [0.25, 0.3) is 0 Å². The smallest absolute Gasteiger partial charge is 0.248 e. The van der Waals surface area contributed by atoms with Crippen molar-refractivity contribution in [1.29, 1.82) is 0 Å². The zero-order valence-electron chi connectivity index (χ0n) is 11.1. The maximum Gasteiger partial charge on any atom is 0.248 e. The Balaban J connectivity index is 1.82. The van der Waals surface area contributed by atoms with Gasteiger partial charge in [0, 0.05) is 39.4 Å². The van der Waals surface area contributed by atoms with Gasteiger partial charge in [0.15, 0.2) is 5.13 Å². The van der Waals surface area contributed by atoms with E-state index in [1.807, 2.05) is 16.8 Å². The van der Waals surface area contributed by atoms with Crippen LogP contribution in [0, 0.1) is 0 Å². The first kappa shape index (κ1) is 15.1. The highest BCUT2D eigenvalue weighted by Gasteiger charge is 2.30. The van der Waals surface area contributed by atoms with Crippen LogP contribution < -0.4 is 5.32 Å². The lowest BCUT2D eigenvalue weighted by atomic mass is 10.1. The molecule has 0 bridgehead atoms. The third kappa shape index (κ3) is 3.70. The fourth-order valence-electron chi connectivity index (χ4n) is 2.24. The lowest BCUT2D eigenvalue weighted by Gasteiger charge is -2.32. The molecule has 0 aromatic carbocycles. The molecule has 1 N–H and O–H groups in total. The summed E-state index contributed by atoms with van der Waals surface area (Å²) >= 11 is 6.47. The number of thiophene rings is 1. The topological polar surface area (TPSA) is 54.5 Å². The second-order valence-electron chi connectivity index (χ2n) is 4.54. The van der Waals surface area contributed by atoms with Gasteiger partial charge in [0.05, 0.1) is 13.2 Å². The van der Waals surface area contributed by atoms with Gasteiger partial charge in [-0.2, -0.15) is 0 Å². The molecule has 1 aliphatic heterocycles. The fourth-order valence-corrected chi connectivity index (χ4v) is 4.35. The Morgan fingerprint density at radius 1 is 1.43 bits per heavy atom. The normalized spacial score (nSPS) is 17.6. The third-order valence-corrected chi connectivity index (χ3v) is 5.61. The summed E-state index contributed by atoms with van der Waals surface area (Å²) in [5.74, 6) is -0.0406. The minimum Gasteiger partial charge on any atom is -0.379 e. The van der Waals surface area contributed by atoms with Gasteiger partial charge in [-0.05, 0) is 22.0 Å². The number of nitrogens with zero attached hydrogens (tertiary/aromatic N) is 2. The molecule has 112 valence electrons. The van der Waals surface area contributed by atoms with Crippen molar-refractivity contribution in [3.8, 4) is 0 Å². The van der Waals surface area contributed by atoms with E-state index in [9.17, 15) is 4.79 Å². The Kier molecular flexibility index (Phi) is 5.02. The third-order valence-electron chi connectivity index (χ3n) is 3.18. The summed E-state index contributed by atoms with van der Waals surface area (Å²) in [7, 11) is 0. The second kappa shape index (κ2) is 6.97. The van der Waals surface area contributed by atoms with Crippen molar-refractivity contribution < 1.29 is 9.53 Å². The standard InChI is InChI=1S/C13H14BrN3O2S2/c14-9-7-10(21-8-9)11(17-2-4-19-5-3-17)12(18)16-13-15-1-6-20-13/h1,6-8,11H,2-5H2,(H,15,16,18). The first-order chi connectivity index (χ1) is 10.2. The van der Waals surface area contributed by atoms with Crippen molar-refractivity contribution in [1.82, 2.24) is 9.88 Å². The number of amides is 1. The average molecular weight is 388 g/mol. The highest BCUT2D eigenvalue weighted by molar-refractivity contribution is 9.10. The van der Waals surface area contributed by atoms with Crippen LogP contribution in [0.3, 0.4) is 0 Å². The molecule has 1 atom stereocenters. The van der Waals surface area contributed by atoms with Crippen LogP contribution in [0.15, 0.2) is 27.5 Å². The van der Waals surface area contributed by atoms with E-state index in [1.165, 1.54) is 11.3 Å². The van der Waals surface area contributed by atoms with E-state index in [0.29, 0.717) is 18.3 Å². The fraction of sp³-hybridized carbons (Fsp3) is 0.385. The number of halogens is 1. The Hall–Kier alpha value is -0.800. The predicted octanol–water partition coefficient (Wildman–Crippen LogP) is 2.98. The summed E-state index contributed by atoms with van der Waals surface area (Å²) in [4.78, 5) is 20.0. The Bertz CT molecular complexity index is 596. The number of anilines is 1. The number of hydrogen-bond acceptors (Lipinski definition) is 6. The van der Waals surface area contributed by atoms with Crippen LogP contribution in [-0.2, 0) is 9.53 Å². The summed E-state index contributed by atoms with van der Waals surface area (Å²) in [5.41, 5.74) is 0. The SMILES string of the molecule is O=C(Nc1nccs1)C(c1cc(Br)cs1)N1CCOCC1. The molecular formula is C13H14BrN3O2S2. The number of ether oxygens (including phenoxy) is 1. The molecule has 0 aliphatic carbocycles. The van der Waals surface area contributed by atoms with Crippen LogP contribution in [0.4, 0.5) is 5.13 Å². The molecule has 3 heterocycles. The summed E-state index contributed by atoms with van der Waals surface area (Å²) in [6, 6.07) is 1.71. The van der Waals surface area contributed by atoms with Gasteiger partial charge < -0.3 is 10.1 Å². The summed E-state index contributed by atoms with van der Waals surface area (Å²) in [6.45, 7) is 2.83. The van der Waals surface area contributed by atoms with E-state index < -0.39 is 0 Å². The molecule has 1 unspecified atom stereocenters. The molecule has 0 spiro atoms. The van der Waals surface area contributed by atoms with E-state index in [1.54, 1.807) is 17.5 Å². The highest BCUT2D eigenvalue weighted by Crippen LogP contribution is 2.31. The van der Waals surface area contributed by atoms with Gasteiger partial charge in [-0.3, -0.25) is 9.69 Å². The number of hydrogen-bond donors (Lipinski definition) is 1. The highest BCUT2D eigenvalue weighted by atomic mass is 79.9. The summed E-state index contributed by atoms with van der Waals surface area (Å²) < 4.78 is 6.39. The van der Waals surface area contributed by atoms with Crippen LogP contribution >= 0.6 is 38.6 Å². The van der Waals surface area contributed by atoms with Crippen molar-refractivity contribution in [2.24, 2.45) is 0 Å². The molecule has 0 saturated carbocycles. The number of morpholine rings is 1. The summed E-state index contributed by atoms with van der Waals surface area (Å²) in [6.07, 6.45) is 1.69. The summed E-state index contributed by atoms with van der Waals surface area (Å²) in [5, 5.41) is 7.39. The zero-order chi connectivity index (χ0) is 14.7. The predicted molar refractivity (Wildman–Crippen MR) is 87.9 cm³/mol. The largest absolute Gasteiger partial charge is 0.379 e. The number of nitrogens with one attached hydrogen (secondary N) is 1. The average Bonchev–Trinajstić information content (AvgIpc) is 3.13. The Morgan fingerprint density at radius 2 is 2.24 bits per heavy atom. The monoisotopic (exact) mass is 387 g/mol. The first-order valence-electron chi connectivity index (χ1n) is 6.50. The molecular weight excluding hydrogens is 374 g/mol. The lowest BCUT2D eigenvalue weighted by Crippen LogP contribution is -2.43. The van der Waals surface area contributed by atoms with Gasteiger partial charge in [0.25, 0.3) is 0 Å². The van der Waals surface area contributed by atoms with Gasteiger partial charge in [-0.1, -0.05) is 0 Å². The number of rotatable bonds is 4. The quantitative estimate of drug-likeness (QED) is 0.875. The molecule has 21 heavy (non-hydrogen) atoms. The van der Waals surface area contributed by atoms with Gasteiger partial charge in [-0.25, -0.2) is 4.98 Å². The molecule has 1 aliphatic rings. The molecule has 8 heteroatoms. The molecule has 1 amide bonds. The van der Waals surface area contributed by atoms with Crippen molar-refractivity contribution in [2.45, 2.75) is 6.04 Å². The van der Waals surface area contributed by atoms with Gasteiger partial charge in [-0.15, -0.1) is 22.7 Å². The zero-order valence-corrected chi connectivity index (χ0v) is 14.3. The second-order valence-corrected chi connectivity index (χ2v) is 7.30. The maximum atomic E-state index is 12.7. The van der Waals surface area contributed by atoms with E-state index in [2.05, 4.69) is 31.1 Å². The molecule has 0 radical (unpaired) electrons. The molecule has 2 aromatic heterocycles. The minimum absolute atomic E-state index is 0.0406. The van der Waals surface area contributed by atoms with E-state index in [-0.39, 0.29) is 11.9 Å². The maximum absolute atomic E-state index is 12.7. The molecule has 1 saturated heterocycles. The van der Waals surface area contributed by atoms with Crippen LogP contribution in [0.5, 0.6) is 0 Å². The van der Waals surface area contributed by atoms with E-state index in [0.717, 1.165) is 22.4 Å². The van der Waals surface area contributed by atoms with Crippen LogP contribution in [-0.4, -0.2) is 42.1 Å². The van der Waals surface area contributed by atoms with Gasteiger partial charge in [0.1, 0.15) is 6.04 Å². The Morgan fingerprint density at radius 3 is 2.86 bits per heavy atom. The number of carbonyl (C=O) groups is 1. The lowest BCUT2D eigenvalue weighted by molar-refractivity contribution is -0.123. The Labute approximate surface area is 139 Å². The number of thiazole rings is 1. The molecule has 1 fully saturated rings. The van der Waals surface area contributed by atoms with Crippen LogP contribution in [0.1, 0.15) is 10.9 Å². The van der Waals surface area contributed by atoms with Crippen molar-refractivity contribution in [2.75, 3.05) is 31.6 Å². The van der Waals surface area contributed by atoms with Crippen LogP contribution in [0.2, 0.25) is 0 Å². The first-order valence-corrected chi connectivity index (χ1v) is 9.05. The molecule has 2 aromatic rings. The van der Waals surface area contributed by atoms with Gasteiger partial charge >= 0.3 is 0 Å². The van der Waals surface area contributed by atoms with Gasteiger partial charge in [0.2, 0.25) is 5.91 Å². The van der Waals surface area contributed by atoms with E-state index in [4.69, 9.17) is 4.74 Å². The van der Waals surface area contributed by atoms with Crippen molar-refractivity contribution in [3.63, 3.8) is 0 Å².